The Morgan fingerprint density at radius 1 is 0.344 bits per heavy atom. The van der Waals surface area contributed by atoms with Crippen molar-refractivity contribution in [3.8, 4) is 22.3 Å². The fraction of sp³-hybridized carbons (Fsp3) is 0. The highest BCUT2D eigenvalue weighted by Gasteiger charge is 2.14. The van der Waals surface area contributed by atoms with Crippen LogP contribution in [0, 0.1) is 0 Å². The molecule has 2 heteroatoms. The zero-order valence-corrected chi connectivity index (χ0v) is 17.2. The van der Waals surface area contributed by atoms with E-state index in [4.69, 9.17) is 8.83 Å². The molecule has 0 aliphatic rings. The third kappa shape index (κ3) is 2.47. The molecule has 0 bridgehead atoms. The fourth-order valence-corrected chi connectivity index (χ4v) is 4.86. The van der Waals surface area contributed by atoms with Gasteiger partial charge in [0.15, 0.2) is 0 Å². The maximum absolute atomic E-state index is 6.08. The summed E-state index contributed by atoms with van der Waals surface area (Å²) in [4.78, 5) is 0. The van der Waals surface area contributed by atoms with Crippen LogP contribution < -0.4 is 0 Å². The van der Waals surface area contributed by atoms with Crippen LogP contribution in [0.2, 0.25) is 0 Å². The minimum absolute atomic E-state index is 0.919. The van der Waals surface area contributed by atoms with Crippen LogP contribution in [0.4, 0.5) is 0 Å². The fourth-order valence-electron chi connectivity index (χ4n) is 4.86. The molecule has 150 valence electrons. The van der Waals surface area contributed by atoms with Gasteiger partial charge in [-0.25, -0.2) is 0 Å². The van der Waals surface area contributed by atoms with E-state index in [1.54, 1.807) is 0 Å². The predicted molar refractivity (Wildman–Crippen MR) is 132 cm³/mol. The lowest BCUT2D eigenvalue weighted by atomic mass is 9.95. The van der Waals surface area contributed by atoms with Gasteiger partial charge in [0, 0.05) is 21.5 Å². The van der Waals surface area contributed by atoms with E-state index in [9.17, 15) is 0 Å². The zero-order valence-electron chi connectivity index (χ0n) is 17.2. The molecule has 2 nitrogen and oxygen atoms in total. The van der Waals surface area contributed by atoms with Crippen LogP contribution in [-0.4, -0.2) is 0 Å². The molecule has 0 radical (unpaired) electrons. The quantitative estimate of drug-likeness (QED) is 0.284. The number of hydrogen-bond acceptors (Lipinski definition) is 2. The average molecular weight is 410 g/mol. The van der Waals surface area contributed by atoms with Crippen molar-refractivity contribution < 1.29 is 8.83 Å². The van der Waals surface area contributed by atoms with E-state index in [-0.39, 0.29) is 0 Å². The standard InChI is InChI=1S/C30H18O2/c1-3-11-25-23(7-1)29-21(9-5-13-27(29)31-25)19-15-17-20(18-16-19)22-10-6-14-28-30(22)24-8-2-4-12-26(24)32-28/h1-18H. The van der Waals surface area contributed by atoms with Crippen molar-refractivity contribution in [2.24, 2.45) is 0 Å². The van der Waals surface area contributed by atoms with Crippen molar-refractivity contribution in [3.63, 3.8) is 0 Å². The van der Waals surface area contributed by atoms with E-state index in [1.165, 1.54) is 33.0 Å². The Bertz CT molecular complexity index is 1630. The van der Waals surface area contributed by atoms with Gasteiger partial charge in [-0.1, -0.05) is 84.9 Å². The molecule has 0 saturated heterocycles. The van der Waals surface area contributed by atoms with E-state index in [0.717, 1.165) is 33.1 Å². The molecule has 0 atom stereocenters. The molecule has 0 unspecified atom stereocenters. The van der Waals surface area contributed by atoms with Crippen LogP contribution in [0.5, 0.6) is 0 Å². The van der Waals surface area contributed by atoms with Crippen LogP contribution in [0.3, 0.4) is 0 Å². The van der Waals surface area contributed by atoms with Crippen molar-refractivity contribution in [1.82, 2.24) is 0 Å². The Kier molecular flexibility index (Phi) is 3.58. The Morgan fingerprint density at radius 2 is 0.750 bits per heavy atom. The highest BCUT2D eigenvalue weighted by atomic mass is 16.3. The lowest BCUT2D eigenvalue weighted by Gasteiger charge is -2.08. The molecule has 0 N–H and O–H groups in total. The average Bonchev–Trinajstić information content (AvgIpc) is 3.42. The minimum atomic E-state index is 0.919. The molecule has 0 fully saturated rings. The number of furan rings is 2. The number of fused-ring (bicyclic) bond motifs is 6. The predicted octanol–water partition coefficient (Wildman–Crippen LogP) is 8.82. The van der Waals surface area contributed by atoms with Gasteiger partial charge in [0.1, 0.15) is 22.3 Å². The van der Waals surface area contributed by atoms with Gasteiger partial charge in [0.25, 0.3) is 0 Å². The van der Waals surface area contributed by atoms with Crippen molar-refractivity contribution in [2.45, 2.75) is 0 Å². The summed E-state index contributed by atoms with van der Waals surface area (Å²) in [6.45, 7) is 0. The third-order valence-corrected chi connectivity index (χ3v) is 6.31. The van der Waals surface area contributed by atoms with Gasteiger partial charge in [-0.05, 0) is 46.5 Å². The molecular weight excluding hydrogens is 392 g/mol. The largest absolute Gasteiger partial charge is 0.456 e. The summed E-state index contributed by atoms with van der Waals surface area (Å²) in [5.41, 5.74) is 8.40. The van der Waals surface area contributed by atoms with Gasteiger partial charge in [-0.3, -0.25) is 0 Å². The Hall–Kier alpha value is -4.30. The number of para-hydroxylation sites is 2. The summed E-state index contributed by atoms with van der Waals surface area (Å²) in [7, 11) is 0. The molecule has 0 aliphatic carbocycles. The second-order valence-electron chi connectivity index (χ2n) is 8.13. The molecule has 0 aliphatic heterocycles. The Balaban J connectivity index is 1.41. The van der Waals surface area contributed by atoms with Crippen LogP contribution in [0.25, 0.3) is 66.1 Å². The smallest absolute Gasteiger partial charge is 0.136 e. The topological polar surface area (TPSA) is 26.3 Å². The van der Waals surface area contributed by atoms with Gasteiger partial charge in [-0.15, -0.1) is 0 Å². The lowest BCUT2D eigenvalue weighted by molar-refractivity contribution is 0.668. The summed E-state index contributed by atoms with van der Waals surface area (Å²) < 4.78 is 12.2. The molecule has 2 heterocycles. The number of rotatable bonds is 2. The molecule has 0 amide bonds. The lowest BCUT2D eigenvalue weighted by Crippen LogP contribution is -1.83. The van der Waals surface area contributed by atoms with E-state index >= 15 is 0 Å². The summed E-state index contributed by atoms with van der Waals surface area (Å²) >= 11 is 0. The van der Waals surface area contributed by atoms with E-state index in [1.807, 2.05) is 36.4 Å². The SMILES string of the molecule is c1ccc2c(c1)oc1cccc(-c3ccc(-c4cccc5oc6ccccc6c45)cc3)c12. The molecule has 32 heavy (non-hydrogen) atoms. The minimum Gasteiger partial charge on any atom is -0.456 e. The molecule has 5 aromatic carbocycles. The molecule has 0 spiro atoms. The molecule has 7 rings (SSSR count). The second kappa shape index (κ2) is 6.60. The highest BCUT2D eigenvalue weighted by molar-refractivity contribution is 6.13. The maximum atomic E-state index is 6.08. The first kappa shape index (κ1) is 17.4. The van der Waals surface area contributed by atoms with Gasteiger partial charge in [0.05, 0.1) is 0 Å². The van der Waals surface area contributed by atoms with Gasteiger partial charge < -0.3 is 8.83 Å². The summed E-state index contributed by atoms with van der Waals surface area (Å²) in [5.74, 6) is 0. The molecule has 7 aromatic rings. The first-order valence-electron chi connectivity index (χ1n) is 10.8. The van der Waals surface area contributed by atoms with Gasteiger partial charge >= 0.3 is 0 Å². The summed E-state index contributed by atoms with van der Waals surface area (Å²) in [6.07, 6.45) is 0. The van der Waals surface area contributed by atoms with Crippen LogP contribution in [0.15, 0.2) is 118 Å². The van der Waals surface area contributed by atoms with E-state index in [2.05, 4.69) is 72.8 Å². The van der Waals surface area contributed by atoms with Crippen molar-refractivity contribution >= 4 is 43.9 Å². The highest BCUT2D eigenvalue weighted by Crippen LogP contribution is 2.39. The molecular formula is C30H18O2. The Morgan fingerprint density at radius 3 is 1.22 bits per heavy atom. The Labute approximate surface area is 184 Å². The first-order chi connectivity index (χ1) is 15.9. The number of hydrogen-bond donors (Lipinski definition) is 0. The van der Waals surface area contributed by atoms with Crippen molar-refractivity contribution in [2.75, 3.05) is 0 Å². The molecule has 0 saturated carbocycles. The summed E-state index contributed by atoms with van der Waals surface area (Å²) in [6, 6.07) is 37.8. The maximum Gasteiger partial charge on any atom is 0.136 e. The normalized spacial score (nSPS) is 11.8. The van der Waals surface area contributed by atoms with E-state index < -0.39 is 0 Å². The van der Waals surface area contributed by atoms with E-state index in [0.29, 0.717) is 0 Å². The van der Waals surface area contributed by atoms with Crippen molar-refractivity contribution in [3.05, 3.63) is 109 Å². The second-order valence-corrected chi connectivity index (χ2v) is 8.13. The third-order valence-electron chi connectivity index (χ3n) is 6.31. The number of benzene rings is 5. The van der Waals surface area contributed by atoms with Crippen molar-refractivity contribution in [1.29, 1.82) is 0 Å². The van der Waals surface area contributed by atoms with Crippen LogP contribution in [-0.2, 0) is 0 Å². The van der Waals surface area contributed by atoms with Crippen LogP contribution >= 0.6 is 0 Å². The van der Waals surface area contributed by atoms with Crippen LogP contribution in [0.1, 0.15) is 0 Å². The van der Waals surface area contributed by atoms with Gasteiger partial charge in [0.2, 0.25) is 0 Å². The molecule has 2 aromatic heterocycles. The van der Waals surface area contributed by atoms with Gasteiger partial charge in [-0.2, -0.15) is 0 Å². The summed E-state index contributed by atoms with van der Waals surface area (Å²) in [5, 5.41) is 4.63. The monoisotopic (exact) mass is 410 g/mol. The zero-order chi connectivity index (χ0) is 21.1. The first-order valence-corrected chi connectivity index (χ1v) is 10.8.